The fourth-order valence-corrected chi connectivity index (χ4v) is 2.23. The smallest absolute Gasteiger partial charge is 0.0694 e. The Morgan fingerprint density at radius 2 is 2.20 bits per heavy atom. The van der Waals surface area contributed by atoms with Crippen molar-refractivity contribution in [1.29, 1.82) is 0 Å². The molecule has 0 nitrogen and oxygen atoms in total. The number of hydrogen-bond donors (Lipinski definition) is 0. The molecule has 1 aliphatic heterocycles. The maximum Gasteiger partial charge on any atom is 0.127 e. The Kier molecular flexibility index (Phi) is 3.31. The third-order valence-corrected chi connectivity index (χ3v) is 2.74. The largest absolute Gasteiger partial charge is 0.127 e. The van der Waals surface area contributed by atoms with E-state index in [-0.39, 0.29) is 0 Å². The fraction of sp³-hybridized carbons (Fsp3) is 1.00. The molecule has 1 heterocycles. The minimum absolute atomic E-state index is 1.02. The molecule has 2 unspecified atom stereocenters. The number of rotatable bonds is 2. The highest BCUT2D eigenvalue weighted by Crippen LogP contribution is 2.32. The maximum atomic E-state index is 2.40. The lowest BCUT2D eigenvalue weighted by Crippen LogP contribution is -2.14. The summed E-state index contributed by atoms with van der Waals surface area (Å²) >= 11 is 0. The van der Waals surface area contributed by atoms with Gasteiger partial charge in [-0.1, -0.05) is 57.6 Å². The first-order valence-corrected chi connectivity index (χ1v) is 4.83. The van der Waals surface area contributed by atoms with Gasteiger partial charge in [0.1, 0.15) is 7.28 Å². The predicted molar refractivity (Wildman–Crippen MR) is 49.1 cm³/mol. The quantitative estimate of drug-likeness (QED) is 0.514. The van der Waals surface area contributed by atoms with Gasteiger partial charge in [0, 0.05) is 0 Å². The summed E-state index contributed by atoms with van der Waals surface area (Å²) in [5, 5.41) is 0. The van der Waals surface area contributed by atoms with Crippen molar-refractivity contribution in [2.45, 2.75) is 57.6 Å². The molecule has 58 valence electrons. The zero-order valence-electron chi connectivity index (χ0n) is 7.40. The summed E-state index contributed by atoms with van der Waals surface area (Å²) < 4.78 is 0. The highest BCUT2D eigenvalue weighted by molar-refractivity contribution is 6.39. The molecule has 0 aromatic heterocycles. The third kappa shape index (κ3) is 2.36. The molecule has 1 fully saturated rings. The summed E-state index contributed by atoms with van der Waals surface area (Å²) in [6.45, 7) is 4.71. The normalized spacial score (nSPS) is 33.4. The Balaban J connectivity index is 2.18. The molecule has 0 saturated carbocycles. The molecular weight excluding hydrogens is 119 g/mol. The Labute approximate surface area is 65.6 Å². The maximum absolute atomic E-state index is 2.40. The molecule has 0 spiro atoms. The molecule has 1 saturated heterocycles. The second-order valence-corrected chi connectivity index (χ2v) is 3.93. The van der Waals surface area contributed by atoms with Crippen molar-refractivity contribution in [2.75, 3.05) is 0 Å². The van der Waals surface area contributed by atoms with Crippen LogP contribution in [0.1, 0.15) is 46.0 Å². The van der Waals surface area contributed by atoms with Crippen LogP contribution in [0.5, 0.6) is 0 Å². The molecule has 0 aromatic rings. The Hall–Kier alpha value is 0.0649. The van der Waals surface area contributed by atoms with Gasteiger partial charge in [-0.2, -0.15) is 0 Å². The van der Waals surface area contributed by atoms with Gasteiger partial charge in [0.15, 0.2) is 0 Å². The number of hydrogen-bond acceptors (Lipinski definition) is 0. The molecule has 0 aromatic carbocycles. The summed E-state index contributed by atoms with van der Waals surface area (Å²) in [5.41, 5.74) is 0. The predicted octanol–water partition coefficient (Wildman–Crippen LogP) is 3.00. The molecule has 2 atom stereocenters. The van der Waals surface area contributed by atoms with Crippen LogP contribution in [0.4, 0.5) is 0 Å². The monoisotopic (exact) mass is 138 g/mol. The van der Waals surface area contributed by atoms with Gasteiger partial charge < -0.3 is 0 Å². The molecule has 0 aliphatic carbocycles. The lowest BCUT2D eigenvalue weighted by molar-refractivity contribution is 0.553. The summed E-state index contributed by atoms with van der Waals surface area (Å²) in [7, 11) is 1.51. The van der Waals surface area contributed by atoms with Gasteiger partial charge in [-0.3, -0.25) is 0 Å². The molecule has 0 radical (unpaired) electrons. The van der Waals surface area contributed by atoms with Gasteiger partial charge in [-0.05, 0) is 0 Å². The molecule has 0 bridgehead atoms. The van der Waals surface area contributed by atoms with Crippen LogP contribution in [-0.2, 0) is 0 Å². The van der Waals surface area contributed by atoms with Gasteiger partial charge in [0.2, 0.25) is 0 Å². The van der Waals surface area contributed by atoms with Crippen LogP contribution in [0.15, 0.2) is 0 Å². The van der Waals surface area contributed by atoms with E-state index in [4.69, 9.17) is 0 Å². The highest BCUT2D eigenvalue weighted by Gasteiger charge is 2.18. The molecule has 1 heteroatoms. The van der Waals surface area contributed by atoms with Crippen LogP contribution >= 0.6 is 0 Å². The van der Waals surface area contributed by atoms with Crippen molar-refractivity contribution in [3.05, 3.63) is 0 Å². The van der Waals surface area contributed by atoms with E-state index in [1.54, 1.807) is 0 Å². The topological polar surface area (TPSA) is 0 Å². The van der Waals surface area contributed by atoms with E-state index >= 15 is 0 Å². The second kappa shape index (κ2) is 4.05. The molecule has 1 rings (SSSR count). The molecule has 0 amide bonds. The minimum atomic E-state index is 1.02. The zero-order chi connectivity index (χ0) is 7.40. The van der Waals surface area contributed by atoms with Gasteiger partial charge in [0.05, 0.1) is 0 Å². The standard InChI is InChI=1S/C9H19B/c1-3-5-9-7-4-6-8(2)10-9/h8-10H,3-7H2,1-2H3. The van der Waals surface area contributed by atoms with E-state index in [2.05, 4.69) is 13.8 Å². The van der Waals surface area contributed by atoms with E-state index in [0.29, 0.717) is 0 Å². The van der Waals surface area contributed by atoms with Gasteiger partial charge >= 0.3 is 0 Å². The third-order valence-electron chi connectivity index (χ3n) is 2.74. The van der Waals surface area contributed by atoms with Gasteiger partial charge in [-0.15, -0.1) is 0 Å². The second-order valence-electron chi connectivity index (χ2n) is 3.93. The van der Waals surface area contributed by atoms with Gasteiger partial charge in [0.25, 0.3) is 0 Å². The Morgan fingerprint density at radius 1 is 1.40 bits per heavy atom. The average Bonchev–Trinajstić information content (AvgIpc) is 1.88. The minimum Gasteiger partial charge on any atom is -0.0694 e. The molecular formula is C9H19B. The average molecular weight is 138 g/mol. The van der Waals surface area contributed by atoms with Crippen LogP contribution in [-0.4, -0.2) is 7.28 Å². The zero-order valence-corrected chi connectivity index (χ0v) is 7.40. The van der Waals surface area contributed by atoms with Gasteiger partial charge in [-0.25, -0.2) is 0 Å². The van der Waals surface area contributed by atoms with Crippen LogP contribution in [0.25, 0.3) is 0 Å². The van der Waals surface area contributed by atoms with Crippen LogP contribution in [0.2, 0.25) is 11.6 Å². The van der Waals surface area contributed by atoms with Crippen molar-refractivity contribution in [3.8, 4) is 0 Å². The SMILES string of the molecule is CCCC1BC(C)CCC1. The van der Waals surface area contributed by atoms with Crippen molar-refractivity contribution in [1.82, 2.24) is 0 Å². The molecule has 10 heavy (non-hydrogen) atoms. The summed E-state index contributed by atoms with van der Waals surface area (Å²) in [4.78, 5) is 0. The Bertz CT molecular complexity index is 88.7. The lowest BCUT2D eigenvalue weighted by atomic mass is 9.49. The van der Waals surface area contributed by atoms with E-state index in [0.717, 1.165) is 11.6 Å². The Morgan fingerprint density at radius 3 is 2.80 bits per heavy atom. The van der Waals surface area contributed by atoms with Crippen molar-refractivity contribution < 1.29 is 0 Å². The first kappa shape index (κ1) is 8.16. The van der Waals surface area contributed by atoms with E-state index in [1.807, 2.05) is 0 Å². The summed E-state index contributed by atoms with van der Waals surface area (Å²) in [5.74, 6) is 2.10. The van der Waals surface area contributed by atoms with Crippen LogP contribution < -0.4 is 0 Å². The van der Waals surface area contributed by atoms with E-state index in [9.17, 15) is 0 Å². The molecule has 0 N–H and O–H groups in total. The van der Waals surface area contributed by atoms with E-state index in [1.165, 1.54) is 39.4 Å². The van der Waals surface area contributed by atoms with Crippen molar-refractivity contribution in [2.24, 2.45) is 0 Å². The van der Waals surface area contributed by atoms with Crippen molar-refractivity contribution in [3.63, 3.8) is 0 Å². The van der Waals surface area contributed by atoms with Crippen LogP contribution in [0.3, 0.4) is 0 Å². The first-order chi connectivity index (χ1) is 4.83. The fourth-order valence-electron chi connectivity index (χ4n) is 2.23. The summed E-state index contributed by atoms with van der Waals surface area (Å²) in [6.07, 6.45) is 7.35. The van der Waals surface area contributed by atoms with E-state index < -0.39 is 0 Å². The lowest BCUT2D eigenvalue weighted by Gasteiger charge is -2.24. The highest BCUT2D eigenvalue weighted by atomic mass is 14.1. The van der Waals surface area contributed by atoms with Crippen molar-refractivity contribution >= 4 is 7.28 Å². The first-order valence-electron chi connectivity index (χ1n) is 4.83. The van der Waals surface area contributed by atoms with Crippen LogP contribution in [0, 0.1) is 0 Å². The molecule has 1 aliphatic rings. The summed E-state index contributed by atoms with van der Waals surface area (Å²) in [6, 6.07) is 0.